The van der Waals surface area contributed by atoms with Crippen LogP contribution in [0.25, 0.3) is 5.69 Å². The molecule has 0 bridgehead atoms. The van der Waals surface area contributed by atoms with Crippen molar-refractivity contribution in [2.75, 3.05) is 14.2 Å². The first-order valence-electron chi connectivity index (χ1n) is 11.7. The van der Waals surface area contributed by atoms with Gasteiger partial charge in [0.2, 0.25) is 0 Å². The second-order valence-electron chi connectivity index (χ2n) is 8.57. The first-order valence-corrected chi connectivity index (χ1v) is 11.7. The number of aromatic nitrogens is 3. The van der Waals surface area contributed by atoms with Gasteiger partial charge in [-0.15, -0.1) is 5.10 Å². The first kappa shape index (κ1) is 27.7. The number of carboxylic acids is 1. The maximum Gasteiger partial charge on any atom is 0.348 e. The molecule has 0 amide bonds. The number of amidine groups is 1. The van der Waals surface area contributed by atoms with Gasteiger partial charge in [0.25, 0.3) is 5.97 Å². The number of benzene rings is 3. The van der Waals surface area contributed by atoms with Gasteiger partial charge in [-0.1, -0.05) is 42.5 Å². The number of aromatic amines is 1. The highest BCUT2D eigenvalue weighted by Crippen LogP contribution is 2.30. The van der Waals surface area contributed by atoms with Gasteiger partial charge in [0, 0.05) is 18.4 Å². The molecule has 1 heterocycles. The molecular formula is C28H31N5O5. The lowest BCUT2D eigenvalue weighted by Crippen LogP contribution is -2.16. The Kier molecular flexibility index (Phi) is 9.04. The van der Waals surface area contributed by atoms with Gasteiger partial charge in [-0.25, -0.2) is 4.79 Å². The Bertz CT molecular complexity index is 1470. The maximum atomic E-state index is 12.9. The van der Waals surface area contributed by atoms with Crippen LogP contribution in [-0.2, 0) is 11.2 Å². The number of methoxy groups -OCH3 is 2. The molecule has 1 unspecified atom stereocenters. The lowest BCUT2D eigenvalue weighted by molar-refractivity contribution is -0.134. The molecule has 0 saturated heterocycles. The van der Waals surface area contributed by atoms with Crippen molar-refractivity contribution in [2.24, 2.45) is 5.73 Å². The average molecular weight is 518 g/mol. The number of para-hydroxylation sites is 2. The standard InChI is InChI=1S/C26H27N5O3.C2H4O2/c1-16-12-19(15-20(13-16)33-2)21(14-17-8-10-18(11-9-17)24(27)28)25-29-26(32)31(30-25)22-6-4-5-7-23(22)34-3;1-2(3)4/h4-13,15,21H,14H2,1-3H3,(H3,27,28)(H,29,30,32);1H3,(H,3,4). The summed E-state index contributed by atoms with van der Waals surface area (Å²) in [6.45, 7) is 3.08. The van der Waals surface area contributed by atoms with Gasteiger partial charge in [0.1, 0.15) is 28.8 Å². The number of carboxylic acid groups (broad SMARTS) is 1. The van der Waals surface area contributed by atoms with Crippen LogP contribution in [0.2, 0.25) is 0 Å². The van der Waals surface area contributed by atoms with Gasteiger partial charge in [0.15, 0.2) is 0 Å². The number of carbonyl (C=O) groups is 1. The molecular weight excluding hydrogens is 486 g/mol. The third kappa shape index (κ3) is 6.88. The molecule has 1 aromatic heterocycles. The Morgan fingerprint density at radius 2 is 1.76 bits per heavy atom. The molecule has 5 N–H and O–H groups in total. The zero-order chi connectivity index (χ0) is 27.8. The molecule has 4 aromatic rings. The molecule has 10 heteroatoms. The van der Waals surface area contributed by atoms with Crippen molar-refractivity contribution in [2.45, 2.75) is 26.2 Å². The van der Waals surface area contributed by atoms with Crippen molar-refractivity contribution in [3.8, 4) is 17.2 Å². The van der Waals surface area contributed by atoms with Gasteiger partial charge >= 0.3 is 5.69 Å². The van der Waals surface area contributed by atoms with Crippen molar-refractivity contribution in [3.63, 3.8) is 0 Å². The molecule has 1 atom stereocenters. The molecule has 0 fully saturated rings. The molecule has 4 rings (SSSR count). The Balaban J connectivity index is 0.000000934. The smallest absolute Gasteiger partial charge is 0.348 e. The molecule has 10 nitrogen and oxygen atoms in total. The van der Waals surface area contributed by atoms with E-state index in [-0.39, 0.29) is 17.4 Å². The van der Waals surface area contributed by atoms with E-state index >= 15 is 0 Å². The number of nitrogens with one attached hydrogen (secondary N) is 2. The Morgan fingerprint density at radius 1 is 1.11 bits per heavy atom. The fraction of sp³-hybridized carbons (Fsp3) is 0.214. The van der Waals surface area contributed by atoms with Gasteiger partial charge < -0.3 is 20.3 Å². The minimum Gasteiger partial charge on any atom is -0.497 e. The number of hydrogen-bond acceptors (Lipinski definition) is 6. The Labute approximate surface area is 220 Å². The number of hydrogen-bond donors (Lipinski definition) is 4. The summed E-state index contributed by atoms with van der Waals surface area (Å²) in [7, 11) is 3.19. The Hall–Kier alpha value is -4.86. The van der Waals surface area contributed by atoms with Gasteiger partial charge in [-0.3, -0.25) is 15.2 Å². The highest BCUT2D eigenvalue weighted by Gasteiger charge is 2.22. The van der Waals surface area contributed by atoms with Gasteiger partial charge in [-0.2, -0.15) is 4.68 Å². The lowest BCUT2D eigenvalue weighted by Gasteiger charge is -2.17. The van der Waals surface area contributed by atoms with Crippen LogP contribution in [0.15, 0.2) is 71.5 Å². The zero-order valence-corrected chi connectivity index (χ0v) is 21.7. The number of rotatable bonds is 8. The molecule has 3 aromatic carbocycles. The highest BCUT2D eigenvalue weighted by molar-refractivity contribution is 5.94. The molecule has 38 heavy (non-hydrogen) atoms. The second kappa shape index (κ2) is 12.4. The summed E-state index contributed by atoms with van der Waals surface area (Å²) in [6.07, 6.45) is 0.573. The third-order valence-electron chi connectivity index (χ3n) is 5.69. The van der Waals surface area contributed by atoms with Crippen molar-refractivity contribution in [1.29, 1.82) is 5.41 Å². The van der Waals surface area contributed by atoms with E-state index in [0.29, 0.717) is 29.2 Å². The van der Waals surface area contributed by atoms with Crippen LogP contribution >= 0.6 is 0 Å². The molecule has 0 aliphatic rings. The minimum atomic E-state index is -0.833. The average Bonchev–Trinajstić information content (AvgIpc) is 3.27. The second-order valence-corrected chi connectivity index (χ2v) is 8.57. The number of ether oxygens (including phenoxy) is 2. The van der Waals surface area contributed by atoms with Gasteiger partial charge in [-0.05, 0) is 54.3 Å². The quantitative estimate of drug-likeness (QED) is 0.205. The van der Waals surface area contributed by atoms with Crippen molar-refractivity contribution < 1.29 is 19.4 Å². The normalized spacial score (nSPS) is 11.2. The monoisotopic (exact) mass is 517 g/mol. The van der Waals surface area contributed by atoms with E-state index in [9.17, 15) is 4.79 Å². The molecule has 0 spiro atoms. The highest BCUT2D eigenvalue weighted by atomic mass is 16.5. The molecule has 0 aliphatic heterocycles. The van der Waals surface area contributed by atoms with Crippen LogP contribution in [0.1, 0.15) is 40.9 Å². The summed E-state index contributed by atoms with van der Waals surface area (Å²) >= 11 is 0. The van der Waals surface area contributed by atoms with Crippen molar-refractivity contribution >= 4 is 11.8 Å². The van der Waals surface area contributed by atoms with E-state index in [1.807, 2.05) is 55.5 Å². The number of aryl methyl sites for hydroxylation is 1. The predicted molar refractivity (Wildman–Crippen MR) is 145 cm³/mol. The number of H-pyrrole nitrogens is 1. The third-order valence-corrected chi connectivity index (χ3v) is 5.69. The van der Waals surface area contributed by atoms with Gasteiger partial charge in [0.05, 0.1) is 14.2 Å². The number of nitrogens with two attached hydrogens (primary N) is 1. The maximum absolute atomic E-state index is 12.9. The summed E-state index contributed by atoms with van der Waals surface area (Å²) < 4.78 is 12.2. The van der Waals surface area contributed by atoms with Crippen molar-refractivity contribution in [1.82, 2.24) is 14.8 Å². The summed E-state index contributed by atoms with van der Waals surface area (Å²) in [5.41, 5.74) is 9.49. The van der Waals surface area contributed by atoms with E-state index in [4.69, 9.17) is 30.5 Å². The largest absolute Gasteiger partial charge is 0.497 e. The van der Waals surface area contributed by atoms with Crippen LogP contribution in [0, 0.1) is 12.3 Å². The van der Waals surface area contributed by atoms with E-state index in [2.05, 4.69) is 16.1 Å². The SMILES string of the molecule is CC(=O)O.COc1cc(C)cc(C(Cc2ccc(C(=N)N)cc2)c2nn(-c3ccccc3OC)c(=O)[nH]2)c1. The van der Waals surface area contributed by atoms with Crippen LogP contribution in [0.5, 0.6) is 11.5 Å². The summed E-state index contributed by atoms with van der Waals surface area (Å²) in [5.74, 6) is 0.751. The van der Waals surface area contributed by atoms with E-state index in [1.165, 1.54) is 4.68 Å². The van der Waals surface area contributed by atoms with Crippen LogP contribution in [0.3, 0.4) is 0 Å². The van der Waals surface area contributed by atoms with E-state index in [1.54, 1.807) is 26.4 Å². The first-order chi connectivity index (χ1) is 18.1. The predicted octanol–water partition coefficient (Wildman–Crippen LogP) is 3.64. The lowest BCUT2D eigenvalue weighted by atomic mass is 9.90. The van der Waals surface area contributed by atoms with Crippen molar-refractivity contribution in [3.05, 3.63) is 105 Å². The van der Waals surface area contributed by atoms with Crippen LogP contribution < -0.4 is 20.9 Å². The summed E-state index contributed by atoms with van der Waals surface area (Å²) in [4.78, 5) is 24.9. The topological polar surface area (TPSA) is 156 Å². The fourth-order valence-corrected chi connectivity index (χ4v) is 3.99. The van der Waals surface area contributed by atoms with E-state index < -0.39 is 5.97 Å². The zero-order valence-electron chi connectivity index (χ0n) is 21.7. The van der Waals surface area contributed by atoms with Crippen LogP contribution in [0.4, 0.5) is 0 Å². The number of aliphatic carboxylic acids is 1. The van der Waals surface area contributed by atoms with Crippen LogP contribution in [-0.4, -0.2) is 45.9 Å². The number of nitrogen functional groups attached to an aromatic ring is 1. The molecule has 0 aliphatic carbocycles. The minimum absolute atomic E-state index is 0.0198. The molecule has 0 radical (unpaired) electrons. The molecule has 198 valence electrons. The summed E-state index contributed by atoms with van der Waals surface area (Å²) in [5, 5.41) is 19.7. The fourth-order valence-electron chi connectivity index (χ4n) is 3.99. The van der Waals surface area contributed by atoms with E-state index in [0.717, 1.165) is 29.4 Å². The molecule has 0 saturated carbocycles. The Morgan fingerprint density at radius 3 is 2.37 bits per heavy atom. The number of nitrogens with zero attached hydrogens (tertiary/aromatic N) is 2. The summed E-state index contributed by atoms with van der Waals surface area (Å²) in [6, 6.07) is 20.7.